The van der Waals surface area contributed by atoms with E-state index in [-0.39, 0.29) is 0 Å². The van der Waals surface area contributed by atoms with Gasteiger partial charge in [-0.15, -0.1) is 0 Å². The molecule has 0 saturated heterocycles. The molecule has 0 bridgehead atoms. The van der Waals surface area contributed by atoms with Crippen LogP contribution in [0.2, 0.25) is 0 Å². The second-order valence-corrected chi connectivity index (χ2v) is 8.72. The maximum absolute atomic E-state index is 7.22. The normalized spacial score (nSPS) is 10.9. The minimum Gasteiger partial charge on any atom is -0.318 e. The van der Waals surface area contributed by atoms with Crippen molar-refractivity contribution in [2.45, 2.75) is 33.2 Å². The van der Waals surface area contributed by atoms with Crippen LogP contribution in [-0.2, 0) is 6.54 Å². The smallest absolute Gasteiger partial charge is 0.0107 e. The zero-order chi connectivity index (χ0) is 24.7. The van der Waals surface area contributed by atoms with Gasteiger partial charge in [0.25, 0.3) is 0 Å². The molecule has 33 heavy (non-hydrogen) atoms. The summed E-state index contributed by atoms with van der Waals surface area (Å²) in [5, 5.41) is 13.6. The Kier molecular flexibility index (Phi) is 21.6. The fourth-order valence-electron chi connectivity index (χ4n) is 3.49. The number of nitrogens with zero attached hydrogens (tertiary/aromatic N) is 4. The van der Waals surface area contributed by atoms with Crippen LogP contribution in [0.25, 0.3) is 0 Å². The van der Waals surface area contributed by atoms with Crippen LogP contribution in [0, 0.1) is 5.31 Å². The molecule has 1 rings (SSSR count). The van der Waals surface area contributed by atoms with E-state index in [1.165, 1.54) is 32.2 Å². The molecule has 8 heteroatoms. The third-order valence-corrected chi connectivity index (χ3v) is 5.52. The second kappa shape index (κ2) is 22.5. The molecule has 0 heterocycles. The maximum atomic E-state index is 7.22. The van der Waals surface area contributed by atoms with Gasteiger partial charge in [-0.2, -0.15) is 0 Å². The topological polar surface area (TPSA) is 60.9 Å². The Bertz CT molecular complexity index is 539. The van der Waals surface area contributed by atoms with Crippen LogP contribution in [0.4, 0.5) is 0 Å². The van der Waals surface area contributed by atoms with Gasteiger partial charge in [-0.1, -0.05) is 6.92 Å². The van der Waals surface area contributed by atoms with Crippen LogP contribution in [0.15, 0.2) is 30.3 Å². The molecule has 0 spiro atoms. The molecule has 0 radical (unpaired) electrons. The number of hydrogen-bond donors (Lipinski definition) is 3. The summed E-state index contributed by atoms with van der Waals surface area (Å²) in [6.45, 7) is 16.4. The minimum atomic E-state index is 0.923. The van der Waals surface area contributed by atoms with Gasteiger partial charge in [0.15, 0.2) is 0 Å². The summed E-state index contributed by atoms with van der Waals surface area (Å²) in [6, 6.07) is 10.6. The van der Waals surface area contributed by atoms with E-state index in [1.807, 2.05) is 26.0 Å². The molecule has 7 nitrogen and oxygen atoms in total. The average molecular weight is 462 g/mol. The largest absolute Gasteiger partial charge is 0.318 e. The fraction of sp³-hybridized carbons (Fsp3) is 0.760. The number of nitrogens with one attached hydrogen (secondary N) is 3. The summed E-state index contributed by atoms with van der Waals surface area (Å²) >= 11 is 0. The average Bonchev–Trinajstić information content (AvgIpc) is 2.83. The van der Waals surface area contributed by atoms with E-state index >= 15 is 0 Å². The Morgan fingerprint density at radius 3 is 1.73 bits per heavy atom. The minimum absolute atomic E-state index is 0.923. The zero-order valence-electron chi connectivity index (χ0n) is 22.4. The van der Waals surface area contributed by atoms with Crippen molar-refractivity contribution in [3.8, 4) is 0 Å². The van der Waals surface area contributed by atoms with Gasteiger partial charge in [-0.3, -0.25) is 0 Å². The first-order valence-corrected chi connectivity index (χ1v) is 12.7. The molecule has 0 amide bonds. The maximum Gasteiger partial charge on any atom is 0.0107 e. The summed E-state index contributed by atoms with van der Waals surface area (Å²) in [5.41, 5.74) is 1.37. The van der Waals surface area contributed by atoms with Crippen LogP contribution in [0.1, 0.15) is 32.3 Å². The molecular weight excluding hydrogens is 409 g/mol. The van der Waals surface area contributed by atoms with E-state index < -0.39 is 0 Å². The molecule has 0 atom stereocenters. The monoisotopic (exact) mass is 461 g/mol. The molecule has 0 aliphatic rings. The predicted octanol–water partition coefficient (Wildman–Crippen LogP) is 2.28. The molecule has 1 aromatic carbocycles. The number of likely N-dealkylation sites (N-methyl/N-ethyl adjacent to an activating group) is 4. The van der Waals surface area contributed by atoms with E-state index in [4.69, 9.17) is 5.31 Å². The first kappa shape index (κ1) is 31.7. The van der Waals surface area contributed by atoms with Crippen molar-refractivity contribution >= 4 is 7.21 Å². The van der Waals surface area contributed by atoms with Crippen LogP contribution in [0.5, 0.6) is 0 Å². The van der Waals surface area contributed by atoms with Gasteiger partial charge in [0.1, 0.15) is 0 Å². The molecule has 1 aromatic rings. The van der Waals surface area contributed by atoms with Crippen molar-refractivity contribution in [1.29, 1.82) is 5.31 Å². The predicted molar refractivity (Wildman–Crippen MR) is 145 cm³/mol. The quantitative estimate of drug-likeness (QED) is 0.275. The number of hydrogen-bond acceptors (Lipinski definition) is 6. The van der Waals surface area contributed by atoms with E-state index in [0.29, 0.717) is 0 Å². The van der Waals surface area contributed by atoms with Gasteiger partial charge in [0.05, 0.1) is 0 Å². The summed E-state index contributed by atoms with van der Waals surface area (Å²) < 4.78 is 0. The Morgan fingerprint density at radius 1 is 0.727 bits per heavy atom. The molecule has 0 unspecified atom stereocenters. The molecular formula is C25H52BN7. The van der Waals surface area contributed by atoms with E-state index in [9.17, 15) is 0 Å². The third-order valence-electron chi connectivity index (χ3n) is 5.52. The summed E-state index contributed by atoms with van der Waals surface area (Å²) in [6.07, 6.45) is 2.42. The van der Waals surface area contributed by atoms with Crippen LogP contribution in [-0.4, -0.2) is 120 Å². The van der Waals surface area contributed by atoms with Crippen molar-refractivity contribution in [1.82, 2.24) is 30.1 Å². The number of rotatable bonds is 19. The Labute approximate surface area is 205 Å². The van der Waals surface area contributed by atoms with Gasteiger partial charge >= 0.3 is 130 Å². The molecule has 0 saturated carbocycles. The van der Waals surface area contributed by atoms with Gasteiger partial charge in [-0.05, 0) is 27.1 Å². The second-order valence-electron chi connectivity index (χ2n) is 8.72. The van der Waals surface area contributed by atoms with Crippen molar-refractivity contribution in [2.75, 3.05) is 93.6 Å². The van der Waals surface area contributed by atoms with Gasteiger partial charge in [0, 0.05) is 26.2 Å². The third kappa shape index (κ3) is 18.8. The summed E-state index contributed by atoms with van der Waals surface area (Å²) in [7, 11) is 9.54. The van der Waals surface area contributed by atoms with Crippen LogP contribution in [0.3, 0.4) is 0 Å². The molecule has 0 fully saturated rings. The Hall–Kier alpha value is -1.32. The van der Waals surface area contributed by atoms with Crippen molar-refractivity contribution in [2.24, 2.45) is 0 Å². The standard InChI is InChI=1S/C16H29BN4.C9H23N3/c1-4-10-21(14-12-20(3)17-18)13-11-19(2)15-16-8-6-5-7-9-16;1-4-7-12(8-5-10-2)9-6-11-3/h5-9,18H,4,10-15H2,1-3H3;10-11H,4-9H2,1-3H3. The van der Waals surface area contributed by atoms with E-state index in [2.05, 4.69) is 76.6 Å². The van der Waals surface area contributed by atoms with Crippen LogP contribution >= 0.6 is 0 Å². The SMILES string of the molecule is CCCN(CCN(C)B=N)CCN(C)Cc1ccccc1.CCCN(CCNC)CCNC. The number of benzene rings is 1. The van der Waals surface area contributed by atoms with E-state index in [0.717, 1.165) is 65.4 Å². The van der Waals surface area contributed by atoms with Crippen LogP contribution < -0.4 is 10.6 Å². The van der Waals surface area contributed by atoms with Gasteiger partial charge in [-0.25, -0.2) is 0 Å². The molecule has 0 aliphatic heterocycles. The zero-order valence-corrected chi connectivity index (χ0v) is 22.4. The summed E-state index contributed by atoms with van der Waals surface area (Å²) in [4.78, 5) is 9.27. The van der Waals surface area contributed by atoms with E-state index in [1.54, 1.807) is 0 Å². The molecule has 0 aliphatic carbocycles. The molecule has 190 valence electrons. The first-order valence-electron chi connectivity index (χ1n) is 12.7. The van der Waals surface area contributed by atoms with Gasteiger partial charge < -0.3 is 15.5 Å². The first-order chi connectivity index (χ1) is 16.0. The van der Waals surface area contributed by atoms with Gasteiger partial charge in [0.2, 0.25) is 0 Å². The Balaban J connectivity index is 0.000000728. The van der Waals surface area contributed by atoms with Crippen molar-refractivity contribution in [3.63, 3.8) is 0 Å². The van der Waals surface area contributed by atoms with Crippen molar-refractivity contribution < 1.29 is 0 Å². The van der Waals surface area contributed by atoms with Crippen molar-refractivity contribution in [3.05, 3.63) is 35.9 Å². The molecule has 0 aromatic heterocycles. The molecule has 3 N–H and O–H groups in total. The Morgan fingerprint density at radius 2 is 1.24 bits per heavy atom. The fourth-order valence-corrected chi connectivity index (χ4v) is 3.49. The summed E-state index contributed by atoms with van der Waals surface area (Å²) in [5.74, 6) is 0.